The smallest absolute Gasteiger partial charge is 0.356 e. The number of carbonyl (C=O) groups excluding carboxylic acids is 1. The molecule has 216 valence electrons. The van der Waals surface area contributed by atoms with Crippen LogP contribution in [0.4, 0.5) is 17.6 Å². The maximum atomic E-state index is 15.0. The van der Waals surface area contributed by atoms with E-state index in [1.54, 1.807) is 0 Å². The highest BCUT2D eigenvalue weighted by atomic mass is 19.4. The standard InChI is InChI=1S/C33H35F4N3O/c1-4-32(39(2)3,21-22-11-6-5-7-12-22)19-17-28-30-24(23-13-8-9-16-27(23)38-30)18-20-40(28)31(41)29-25(33(35,36)37)14-10-15-26(29)34/h5-16,28,38H,4,17-21H2,1-3H3. The summed E-state index contributed by atoms with van der Waals surface area (Å²) in [6.45, 7) is 2.33. The van der Waals surface area contributed by atoms with Crippen LogP contribution < -0.4 is 0 Å². The number of alkyl halides is 3. The third-order valence-electron chi connectivity index (χ3n) is 8.82. The number of carbonyl (C=O) groups is 1. The quantitative estimate of drug-likeness (QED) is 0.222. The summed E-state index contributed by atoms with van der Waals surface area (Å²) in [5.74, 6) is -2.09. The van der Waals surface area contributed by atoms with Gasteiger partial charge in [-0.3, -0.25) is 4.79 Å². The Kier molecular flexibility index (Phi) is 7.97. The number of H-pyrrole nitrogens is 1. The lowest BCUT2D eigenvalue weighted by atomic mass is 9.80. The number of fused-ring (bicyclic) bond motifs is 3. The van der Waals surface area contributed by atoms with Gasteiger partial charge >= 0.3 is 6.18 Å². The Morgan fingerprint density at radius 1 is 1.00 bits per heavy atom. The molecule has 2 atom stereocenters. The summed E-state index contributed by atoms with van der Waals surface area (Å²) in [6.07, 6.45) is -1.60. The first-order chi connectivity index (χ1) is 19.6. The van der Waals surface area contributed by atoms with Gasteiger partial charge in [-0.25, -0.2) is 4.39 Å². The normalized spacial score (nSPS) is 17.1. The molecule has 0 bridgehead atoms. The molecule has 2 unspecified atom stereocenters. The van der Waals surface area contributed by atoms with Crippen LogP contribution in [0.1, 0.15) is 65.0 Å². The number of hydrogen-bond acceptors (Lipinski definition) is 2. The molecule has 41 heavy (non-hydrogen) atoms. The molecule has 0 radical (unpaired) electrons. The van der Waals surface area contributed by atoms with E-state index < -0.39 is 35.1 Å². The number of amides is 1. The number of likely N-dealkylation sites (N-methyl/N-ethyl adjacent to an activating group) is 1. The molecule has 2 heterocycles. The fraction of sp³-hybridized carbons (Fsp3) is 0.364. The Balaban J connectivity index is 1.57. The zero-order valence-electron chi connectivity index (χ0n) is 23.6. The fourth-order valence-electron chi connectivity index (χ4n) is 6.45. The van der Waals surface area contributed by atoms with Gasteiger partial charge in [0.15, 0.2) is 0 Å². The molecule has 1 amide bonds. The molecule has 3 aromatic carbocycles. The van der Waals surface area contributed by atoms with Crippen molar-refractivity contribution >= 4 is 16.8 Å². The van der Waals surface area contributed by atoms with Crippen LogP contribution in [0, 0.1) is 5.82 Å². The predicted octanol–water partition coefficient (Wildman–Crippen LogP) is 7.80. The number of rotatable bonds is 8. The van der Waals surface area contributed by atoms with E-state index in [-0.39, 0.29) is 12.1 Å². The number of hydrogen-bond donors (Lipinski definition) is 1. The van der Waals surface area contributed by atoms with Gasteiger partial charge in [-0.1, -0.05) is 61.5 Å². The van der Waals surface area contributed by atoms with Crippen LogP contribution in [0.25, 0.3) is 10.9 Å². The minimum absolute atomic E-state index is 0.198. The Morgan fingerprint density at radius 3 is 2.39 bits per heavy atom. The molecular weight excluding hydrogens is 530 g/mol. The molecule has 1 N–H and O–H groups in total. The van der Waals surface area contributed by atoms with Crippen LogP contribution in [0.15, 0.2) is 72.8 Å². The van der Waals surface area contributed by atoms with Crippen LogP contribution in [-0.2, 0) is 19.0 Å². The summed E-state index contributed by atoms with van der Waals surface area (Å²) in [4.78, 5) is 21.0. The second-order valence-corrected chi connectivity index (χ2v) is 11.2. The molecule has 1 aromatic heterocycles. The van der Waals surface area contributed by atoms with E-state index in [2.05, 4.69) is 28.9 Å². The Morgan fingerprint density at radius 2 is 1.71 bits per heavy atom. The van der Waals surface area contributed by atoms with Crippen molar-refractivity contribution < 1.29 is 22.4 Å². The number of nitrogens with zero attached hydrogens (tertiary/aromatic N) is 2. The van der Waals surface area contributed by atoms with E-state index in [0.29, 0.717) is 19.3 Å². The maximum absolute atomic E-state index is 15.0. The Bertz CT molecular complexity index is 1530. The van der Waals surface area contributed by atoms with Gasteiger partial charge in [-0.05, 0) is 75.5 Å². The topological polar surface area (TPSA) is 39.3 Å². The lowest BCUT2D eigenvalue weighted by molar-refractivity contribution is -0.138. The van der Waals surface area contributed by atoms with Crippen LogP contribution in [0.3, 0.4) is 0 Å². The van der Waals surface area contributed by atoms with Crippen molar-refractivity contribution in [2.45, 2.75) is 56.8 Å². The third-order valence-corrected chi connectivity index (χ3v) is 8.82. The van der Waals surface area contributed by atoms with Crippen molar-refractivity contribution in [1.82, 2.24) is 14.8 Å². The zero-order chi connectivity index (χ0) is 29.4. The molecule has 1 aliphatic rings. The van der Waals surface area contributed by atoms with Crippen molar-refractivity contribution in [2.75, 3.05) is 20.6 Å². The molecule has 4 aromatic rings. The van der Waals surface area contributed by atoms with Crippen molar-refractivity contribution in [1.29, 1.82) is 0 Å². The number of nitrogens with one attached hydrogen (secondary N) is 1. The molecular formula is C33H35F4N3O. The van der Waals surface area contributed by atoms with Gasteiger partial charge in [-0.15, -0.1) is 0 Å². The second kappa shape index (κ2) is 11.3. The van der Waals surface area contributed by atoms with Gasteiger partial charge in [0.1, 0.15) is 5.82 Å². The van der Waals surface area contributed by atoms with E-state index in [1.807, 2.05) is 56.6 Å². The minimum atomic E-state index is -4.86. The van der Waals surface area contributed by atoms with E-state index in [4.69, 9.17) is 0 Å². The first-order valence-corrected chi connectivity index (χ1v) is 14.0. The molecule has 8 heteroatoms. The predicted molar refractivity (Wildman–Crippen MR) is 153 cm³/mol. The largest absolute Gasteiger partial charge is 0.417 e. The van der Waals surface area contributed by atoms with Crippen LogP contribution in [0.2, 0.25) is 0 Å². The highest BCUT2D eigenvalue weighted by Crippen LogP contribution is 2.42. The number of aromatic amines is 1. The van der Waals surface area contributed by atoms with E-state index in [1.165, 1.54) is 10.5 Å². The van der Waals surface area contributed by atoms with Gasteiger partial charge in [0.05, 0.1) is 17.2 Å². The van der Waals surface area contributed by atoms with Crippen molar-refractivity contribution in [3.8, 4) is 0 Å². The minimum Gasteiger partial charge on any atom is -0.356 e. The van der Waals surface area contributed by atoms with Gasteiger partial charge < -0.3 is 14.8 Å². The van der Waals surface area contributed by atoms with Crippen LogP contribution in [-0.4, -0.2) is 46.9 Å². The molecule has 1 aliphatic heterocycles. The number of aromatic nitrogens is 1. The molecule has 0 saturated carbocycles. The fourth-order valence-corrected chi connectivity index (χ4v) is 6.45. The molecule has 0 spiro atoms. The summed E-state index contributed by atoms with van der Waals surface area (Å²) < 4.78 is 56.8. The highest BCUT2D eigenvalue weighted by Gasteiger charge is 2.42. The van der Waals surface area contributed by atoms with E-state index in [9.17, 15) is 22.4 Å². The summed E-state index contributed by atoms with van der Waals surface area (Å²) in [6, 6.07) is 20.2. The molecule has 4 nitrogen and oxygen atoms in total. The average Bonchev–Trinajstić information content (AvgIpc) is 3.33. The summed E-state index contributed by atoms with van der Waals surface area (Å²) in [5, 5.41) is 1.04. The first kappa shape index (κ1) is 28.9. The number of halogens is 4. The monoisotopic (exact) mass is 565 g/mol. The zero-order valence-corrected chi connectivity index (χ0v) is 23.6. The Labute approximate surface area is 238 Å². The van der Waals surface area contributed by atoms with Crippen molar-refractivity contribution in [3.63, 3.8) is 0 Å². The van der Waals surface area contributed by atoms with E-state index in [0.717, 1.165) is 53.2 Å². The van der Waals surface area contributed by atoms with Crippen LogP contribution in [0.5, 0.6) is 0 Å². The maximum Gasteiger partial charge on any atom is 0.417 e. The summed E-state index contributed by atoms with van der Waals surface area (Å²) >= 11 is 0. The lowest BCUT2D eigenvalue weighted by Crippen LogP contribution is -2.47. The molecule has 0 fully saturated rings. The Hall–Kier alpha value is -3.65. The molecule has 5 rings (SSSR count). The highest BCUT2D eigenvalue weighted by molar-refractivity contribution is 5.97. The summed E-state index contributed by atoms with van der Waals surface area (Å²) in [7, 11) is 4.08. The van der Waals surface area contributed by atoms with Gasteiger partial charge in [0.25, 0.3) is 5.91 Å². The van der Waals surface area contributed by atoms with E-state index >= 15 is 0 Å². The van der Waals surface area contributed by atoms with Gasteiger partial charge in [-0.2, -0.15) is 13.2 Å². The average molecular weight is 566 g/mol. The third kappa shape index (κ3) is 5.49. The molecule has 0 saturated heterocycles. The second-order valence-electron chi connectivity index (χ2n) is 11.2. The summed E-state index contributed by atoms with van der Waals surface area (Å²) in [5.41, 5.74) is 1.57. The van der Waals surface area contributed by atoms with Gasteiger partial charge in [0.2, 0.25) is 0 Å². The molecule has 0 aliphatic carbocycles. The van der Waals surface area contributed by atoms with Crippen molar-refractivity contribution in [2.24, 2.45) is 0 Å². The van der Waals surface area contributed by atoms with Gasteiger partial charge in [0, 0.05) is 28.7 Å². The first-order valence-electron chi connectivity index (χ1n) is 14.0. The SMILES string of the molecule is CCC(CCC1c2[nH]c3ccccc3c2CCN1C(=O)c1c(F)cccc1C(F)(F)F)(Cc1ccccc1)N(C)C. The number of para-hydroxylation sites is 1. The lowest BCUT2D eigenvalue weighted by Gasteiger charge is -2.43. The number of benzene rings is 3. The van der Waals surface area contributed by atoms with Crippen molar-refractivity contribution in [3.05, 3.63) is 107 Å². The van der Waals surface area contributed by atoms with Crippen LogP contribution >= 0.6 is 0 Å².